The number of amides is 1. The van der Waals surface area contributed by atoms with Gasteiger partial charge in [0.05, 0.1) is 6.54 Å². The fourth-order valence-electron chi connectivity index (χ4n) is 2.01. The predicted molar refractivity (Wildman–Crippen MR) is 83.2 cm³/mol. The van der Waals surface area contributed by atoms with E-state index in [9.17, 15) is 4.79 Å². The second-order valence-electron chi connectivity index (χ2n) is 5.93. The molecule has 0 aliphatic heterocycles. The second-order valence-corrected chi connectivity index (χ2v) is 5.93. The maximum atomic E-state index is 12.0. The molecule has 0 bridgehead atoms. The molecule has 0 fully saturated rings. The van der Waals surface area contributed by atoms with Crippen LogP contribution in [0.5, 0.6) is 0 Å². The Morgan fingerprint density at radius 1 is 1.30 bits per heavy atom. The fourth-order valence-corrected chi connectivity index (χ4v) is 2.01. The first-order chi connectivity index (χ1) is 9.38. The number of nitrogens with two attached hydrogens (primary N) is 1. The van der Waals surface area contributed by atoms with Crippen LogP contribution in [0, 0.1) is 0 Å². The van der Waals surface area contributed by atoms with Crippen LogP contribution < -0.4 is 11.1 Å². The molecule has 1 rings (SSSR count). The van der Waals surface area contributed by atoms with Crippen LogP contribution in [0.15, 0.2) is 24.3 Å². The van der Waals surface area contributed by atoms with E-state index < -0.39 is 0 Å². The highest BCUT2D eigenvalue weighted by Gasteiger charge is 2.18. The van der Waals surface area contributed by atoms with Gasteiger partial charge in [0.1, 0.15) is 0 Å². The molecular formula is C16H27N3O. The summed E-state index contributed by atoms with van der Waals surface area (Å²) in [5.41, 5.74) is 7.90. The summed E-state index contributed by atoms with van der Waals surface area (Å²) >= 11 is 0. The summed E-state index contributed by atoms with van der Waals surface area (Å²) < 4.78 is 0. The zero-order valence-electron chi connectivity index (χ0n) is 13.1. The van der Waals surface area contributed by atoms with E-state index in [-0.39, 0.29) is 11.4 Å². The number of benzene rings is 1. The van der Waals surface area contributed by atoms with Gasteiger partial charge in [-0.1, -0.05) is 31.2 Å². The van der Waals surface area contributed by atoms with E-state index in [1.54, 1.807) is 0 Å². The molecule has 0 atom stereocenters. The van der Waals surface area contributed by atoms with Crippen molar-refractivity contribution in [1.82, 2.24) is 10.2 Å². The van der Waals surface area contributed by atoms with Crippen LogP contribution in [0.25, 0.3) is 0 Å². The summed E-state index contributed by atoms with van der Waals surface area (Å²) in [5, 5.41) is 3.05. The summed E-state index contributed by atoms with van der Waals surface area (Å²) in [6.45, 7) is 7.79. The van der Waals surface area contributed by atoms with Crippen molar-refractivity contribution >= 4 is 5.91 Å². The number of carbonyl (C=O) groups excluding carboxylic acids is 1. The Morgan fingerprint density at radius 3 is 2.45 bits per heavy atom. The Bertz CT molecular complexity index is 443. The zero-order valence-corrected chi connectivity index (χ0v) is 13.1. The summed E-state index contributed by atoms with van der Waals surface area (Å²) in [6, 6.07) is 8.08. The number of nitrogens with zero attached hydrogens (tertiary/aromatic N) is 1. The van der Waals surface area contributed by atoms with Crippen molar-refractivity contribution in [2.75, 3.05) is 13.6 Å². The summed E-state index contributed by atoms with van der Waals surface area (Å²) in [7, 11) is 1.95. The number of hydrogen-bond acceptors (Lipinski definition) is 3. The molecule has 0 heterocycles. The number of carbonyl (C=O) groups is 1. The van der Waals surface area contributed by atoms with Crippen LogP contribution in [0.1, 0.15) is 38.3 Å². The van der Waals surface area contributed by atoms with Gasteiger partial charge in [-0.3, -0.25) is 9.69 Å². The topological polar surface area (TPSA) is 58.4 Å². The lowest BCUT2D eigenvalue weighted by atomic mass is 10.0. The van der Waals surface area contributed by atoms with Gasteiger partial charge in [0.2, 0.25) is 5.91 Å². The molecule has 1 aromatic rings. The average molecular weight is 277 g/mol. The van der Waals surface area contributed by atoms with E-state index in [2.05, 4.69) is 18.3 Å². The Hall–Kier alpha value is -1.39. The standard InChI is InChI=1S/C16H27N3O/c1-5-16(2,3)18-15(20)12-19(4)11-14-9-7-6-8-13(14)10-17/h6-9H,5,10-12,17H2,1-4H3,(H,18,20). The van der Waals surface area contributed by atoms with Gasteiger partial charge in [-0.05, 0) is 38.4 Å². The van der Waals surface area contributed by atoms with E-state index in [0.29, 0.717) is 13.1 Å². The van der Waals surface area contributed by atoms with Gasteiger partial charge in [-0.15, -0.1) is 0 Å². The minimum atomic E-state index is -0.146. The third-order valence-corrected chi connectivity index (χ3v) is 3.55. The van der Waals surface area contributed by atoms with Crippen LogP contribution in [0.4, 0.5) is 0 Å². The zero-order chi connectivity index (χ0) is 15.2. The van der Waals surface area contributed by atoms with Gasteiger partial charge < -0.3 is 11.1 Å². The molecule has 0 radical (unpaired) electrons. The molecular weight excluding hydrogens is 250 g/mol. The molecule has 1 aromatic carbocycles. The van der Waals surface area contributed by atoms with Crippen molar-refractivity contribution in [3.8, 4) is 0 Å². The van der Waals surface area contributed by atoms with Gasteiger partial charge >= 0.3 is 0 Å². The lowest BCUT2D eigenvalue weighted by Crippen LogP contribution is -2.46. The molecule has 4 nitrogen and oxygen atoms in total. The summed E-state index contributed by atoms with van der Waals surface area (Å²) in [4.78, 5) is 14.0. The molecule has 112 valence electrons. The van der Waals surface area contributed by atoms with E-state index in [1.807, 2.05) is 44.0 Å². The summed E-state index contributed by atoms with van der Waals surface area (Å²) in [6.07, 6.45) is 0.915. The van der Waals surface area contributed by atoms with Crippen molar-refractivity contribution in [3.63, 3.8) is 0 Å². The highest BCUT2D eigenvalue weighted by molar-refractivity contribution is 5.78. The van der Waals surface area contributed by atoms with E-state index >= 15 is 0 Å². The lowest BCUT2D eigenvalue weighted by molar-refractivity contribution is -0.123. The maximum absolute atomic E-state index is 12.0. The van der Waals surface area contributed by atoms with Crippen molar-refractivity contribution in [1.29, 1.82) is 0 Å². The molecule has 3 N–H and O–H groups in total. The molecule has 20 heavy (non-hydrogen) atoms. The molecule has 4 heteroatoms. The number of nitrogens with one attached hydrogen (secondary N) is 1. The first kappa shape index (κ1) is 16.7. The predicted octanol–water partition coefficient (Wildman–Crippen LogP) is 1.88. The molecule has 0 aromatic heterocycles. The van der Waals surface area contributed by atoms with Crippen molar-refractivity contribution in [3.05, 3.63) is 35.4 Å². The molecule has 0 saturated carbocycles. The number of likely N-dealkylation sites (N-methyl/N-ethyl adjacent to an activating group) is 1. The third-order valence-electron chi connectivity index (χ3n) is 3.55. The second kappa shape index (κ2) is 7.41. The van der Waals surface area contributed by atoms with Crippen LogP contribution in [0.3, 0.4) is 0 Å². The average Bonchev–Trinajstić information content (AvgIpc) is 2.38. The molecule has 1 amide bonds. The monoisotopic (exact) mass is 277 g/mol. The van der Waals surface area contributed by atoms with Gasteiger partial charge in [-0.25, -0.2) is 0 Å². The van der Waals surface area contributed by atoms with E-state index in [4.69, 9.17) is 5.73 Å². The Balaban J connectivity index is 2.55. The molecule has 0 spiro atoms. The van der Waals surface area contributed by atoms with Crippen molar-refractivity contribution in [2.24, 2.45) is 5.73 Å². The quantitative estimate of drug-likeness (QED) is 0.800. The Kier molecular flexibility index (Phi) is 6.17. The first-order valence-corrected chi connectivity index (χ1v) is 7.14. The fraction of sp³-hybridized carbons (Fsp3) is 0.562. The first-order valence-electron chi connectivity index (χ1n) is 7.14. The van der Waals surface area contributed by atoms with Gasteiger partial charge in [0.15, 0.2) is 0 Å². The number of rotatable bonds is 7. The van der Waals surface area contributed by atoms with Crippen LogP contribution in [-0.4, -0.2) is 29.9 Å². The smallest absolute Gasteiger partial charge is 0.234 e. The summed E-state index contributed by atoms with van der Waals surface area (Å²) in [5.74, 6) is 0.0598. The minimum absolute atomic E-state index is 0.0598. The molecule has 0 aliphatic rings. The van der Waals surface area contributed by atoms with Crippen LogP contribution >= 0.6 is 0 Å². The molecule has 0 saturated heterocycles. The van der Waals surface area contributed by atoms with E-state index in [0.717, 1.165) is 18.5 Å². The highest BCUT2D eigenvalue weighted by Crippen LogP contribution is 2.11. The Morgan fingerprint density at radius 2 is 1.90 bits per heavy atom. The SMILES string of the molecule is CCC(C)(C)NC(=O)CN(C)Cc1ccccc1CN. The third kappa shape index (κ3) is 5.31. The highest BCUT2D eigenvalue weighted by atomic mass is 16.2. The lowest BCUT2D eigenvalue weighted by Gasteiger charge is -2.26. The molecule has 0 aliphatic carbocycles. The van der Waals surface area contributed by atoms with Crippen molar-refractivity contribution < 1.29 is 4.79 Å². The van der Waals surface area contributed by atoms with Gasteiger partial charge in [-0.2, -0.15) is 0 Å². The maximum Gasteiger partial charge on any atom is 0.234 e. The van der Waals surface area contributed by atoms with Gasteiger partial charge in [0, 0.05) is 18.6 Å². The molecule has 0 unspecified atom stereocenters. The van der Waals surface area contributed by atoms with Crippen LogP contribution in [-0.2, 0) is 17.9 Å². The Labute approximate surface area is 122 Å². The number of hydrogen-bond donors (Lipinski definition) is 2. The van der Waals surface area contributed by atoms with Crippen molar-refractivity contribution in [2.45, 2.75) is 45.8 Å². The van der Waals surface area contributed by atoms with Crippen LogP contribution in [0.2, 0.25) is 0 Å². The minimum Gasteiger partial charge on any atom is -0.350 e. The largest absolute Gasteiger partial charge is 0.350 e. The van der Waals surface area contributed by atoms with Gasteiger partial charge in [0.25, 0.3) is 0 Å². The normalized spacial score (nSPS) is 11.7. The van der Waals surface area contributed by atoms with E-state index in [1.165, 1.54) is 5.56 Å².